The Bertz CT molecular complexity index is 599. The van der Waals surface area contributed by atoms with E-state index in [1.165, 1.54) is 11.1 Å². The first-order chi connectivity index (χ1) is 10.6. The maximum Gasteiger partial charge on any atom is 0.124 e. The SMILES string of the molecule is CCC(C)NCc1cc(Cl)ccc1OCc1ccc(C)cc1.Cl. The predicted molar refractivity (Wildman–Crippen MR) is 101 cm³/mol. The lowest BCUT2D eigenvalue weighted by Crippen LogP contribution is -2.24. The molecule has 0 saturated carbocycles. The van der Waals surface area contributed by atoms with Crippen LogP contribution in [0.25, 0.3) is 0 Å². The molecule has 2 aromatic carbocycles. The lowest BCUT2D eigenvalue weighted by atomic mass is 10.1. The van der Waals surface area contributed by atoms with E-state index in [-0.39, 0.29) is 12.4 Å². The summed E-state index contributed by atoms with van der Waals surface area (Å²) in [6, 6.07) is 14.7. The monoisotopic (exact) mass is 353 g/mol. The molecule has 0 radical (unpaired) electrons. The second-order valence-electron chi connectivity index (χ2n) is 5.72. The maximum atomic E-state index is 6.12. The molecule has 1 unspecified atom stereocenters. The van der Waals surface area contributed by atoms with E-state index in [0.29, 0.717) is 12.6 Å². The maximum absolute atomic E-state index is 6.12. The van der Waals surface area contributed by atoms with Crippen LogP contribution in [0.1, 0.15) is 37.0 Å². The Morgan fingerprint density at radius 2 is 1.83 bits per heavy atom. The second kappa shape index (κ2) is 9.82. The number of halogens is 2. The molecule has 2 aromatic rings. The van der Waals surface area contributed by atoms with Gasteiger partial charge in [0.15, 0.2) is 0 Å². The highest BCUT2D eigenvalue weighted by Crippen LogP contribution is 2.24. The van der Waals surface area contributed by atoms with Gasteiger partial charge in [-0.05, 0) is 44.0 Å². The molecule has 0 aromatic heterocycles. The Morgan fingerprint density at radius 3 is 2.48 bits per heavy atom. The summed E-state index contributed by atoms with van der Waals surface area (Å²) in [4.78, 5) is 0. The van der Waals surface area contributed by atoms with Crippen molar-refractivity contribution in [2.24, 2.45) is 0 Å². The third kappa shape index (κ3) is 6.42. The fourth-order valence-corrected chi connectivity index (χ4v) is 2.30. The average molecular weight is 354 g/mol. The first-order valence-corrected chi connectivity index (χ1v) is 8.16. The first kappa shape index (κ1) is 19.8. The van der Waals surface area contributed by atoms with Crippen molar-refractivity contribution in [3.63, 3.8) is 0 Å². The largest absolute Gasteiger partial charge is 0.489 e. The molecular weight excluding hydrogens is 329 g/mol. The molecule has 0 aliphatic heterocycles. The molecule has 0 bridgehead atoms. The second-order valence-corrected chi connectivity index (χ2v) is 6.15. The van der Waals surface area contributed by atoms with Crippen LogP contribution in [0, 0.1) is 6.92 Å². The number of ether oxygens (including phenoxy) is 1. The molecule has 0 heterocycles. The molecule has 23 heavy (non-hydrogen) atoms. The van der Waals surface area contributed by atoms with Crippen molar-refractivity contribution in [1.82, 2.24) is 5.32 Å². The summed E-state index contributed by atoms with van der Waals surface area (Å²) in [6.07, 6.45) is 1.10. The van der Waals surface area contributed by atoms with Crippen molar-refractivity contribution in [1.29, 1.82) is 0 Å². The Morgan fingerprint density at radius 1 is 1.13 bits per heavy atom. The van der Waals surface area contributed by atoms with Crippen LogP contribution >= 0.6 is 24.0 Å². The zero-order chi connectivity index (χ0) is 15.9. The third-order valence-corrected chi connectivity index (χ3v) is 4.03. The number of hydrogen-bond donors (Lipinski definition) is 1. The van der Waals surface area contributed by atoms with E-state index in [2.05, 4.69) is 50.4 Å². The van der Waals surface area contributed by atoms with Crippen LogP contribution in [0.4, 0.5) is 0 Å². The van der Waals surface area contributed by atoms with Gasteiger partial charge in [-0.25, -0.2) is 0 Å². The first-order valence-electron chi connectivity index (χ1n) is 7.78. The van der Waals surface area contributed by atoms with Crippen LogP contribution in [-0.2, 0) is 13.2 Å². The van der Waals surface area contributed by atoms with E-state index < -0.39 is 0 Å². The zero-order valence-electron chi connectivity index (χ0n) is 13.9. The smallest absolute Gasteiger partial charge is 0.124 e. The van der Waals surface area contributed by atoms with Crippen molar-refractivity contribution >= 4 is 24.0 Å². The average Bonchev–Trinajstić information content (AvgIpc) is 2.53. The summed E-state index contributed by atoms with van der Waals surface area (Å²) in [5.74, 6) is 0.890. The molecule has 0 aliphatic carbocycles. The third-order valence-electron chi connectivity index (χ3n) is 3.79. The minimum Gasteiger partial charge on any atom is -0.489 e. The summed E-state index contributed by atoms with van der Waals surface area (Å²) in [5, 5.41) is 4.22. The van der Waals surface area contributed by atoms with Crippen LogP contribution in [0.5, 0.6) is 5.75 Å². The van der Waals surface area contributed by atoms with Gasteiger partial charge in [-0.1, -0.05) is 48.4 Å². The van der Waals surface area contributed by atoms with Crippen molar-refractivity contribution in [3.05, 3.63) is 64.2 Å². The van der Waals surface area contributed by atoms with Crippen molar-refractivity contribution < 1.29 is 4.74 Å². The van der Waals surface area contributed by atoms with Crippen LogP contribution < -0.4 is 10.1 Å². The van der Waals surface area contributed by atoms with Crippen LogP contribution in [0.2, 0.25) is 5.02 Å². The van der Waals surface area contributed by atoms with Crippen molar-refractivity contribution in [2.75, 3.05) is 0 Å². The van der Waals surface area contributed by atoms with Gasteiger partial charge in [-0.2, -0.15) is 0 Å². The zero-order valence-corrected chi connectivity index (χ0v) is 15.5. The lowest BCUT2D eigenvalue weighted by Gasteiger charge is -2.15. The Hall–Kier alpha value is -1.22. The van der Waals surface area contributed by atoms with Gasteiger partial charge in [-0.15, -0.1) is 12.4 Å². The fraction of sp³-hybridized carbons (Fsp3) is 0.368. The highest BCUT2D eigenvalue weighted by atomic mass is 35.5. The highest BCUT2D eigenvalue weighted by Gasteiger charge is 2.07. The normalized spacial score (nSPS) is 11.7. The molecule has 0 fully saturated rings. The van der Waals surface area contributed by atoms with Gasteiger partial charge >= 0.3 is 0 Å². The number of hydrogen-bond acceptors (Lipinski definition) is 2. The Labute approximate surface area is 150 Å². The van der Waals surface area contributed by atoms with Gasteiger partial charge in [0.1, 0.15) is 12.4 Å². The highest BCUT2D eigenvalue weighted by molar-refractivity contribution is 6.30. The van der Waals surface area contributed by atoms with E-state index in [9.17, 15) is 0 Å². The number of nitrogens with one attached hydrogen (secondary N) is 1. The van der Waals surface area contributed by atoms with Crippen LogP contribution in [0.3, 0.4) is 0 Å². The number of rotatable bonds is 7. The van der Waals surface area contributed by atoms with Crippen LogP contribution in [0.15, 0.2) is 42.5 Å². The molecule has 126 valence electrons. The molecule has 0 saturated heterocycles. The Balaban J connectivity index is 0.00000264. The van der Waals surface area contributed by atoms with Crippen molar-refractivity contribution in [2.45, 2.75) is 46.4 Å². The molecule has 0 aliphatic rings. The van der Waals surface area contributed by atoms with Crippen LogP contribution in [-0.4, -0.2) is 6.04 Å². The standard InChI is InChI=1S/C19H24ClNO.ClH/c1-4-15(3)21-12-17-11-18(20)9-10-19(17)22-13-16-7-5-14(2)6-8-16;/h5-11,15,21H,4,12-13H2,1-3H3;1H. The molecule has 0 spiro atoms. The molecule has 1 N–H and O–H groups in total. The molecular formula is C19H25Cl2NO. The fourth-order valence-electron chi connectivity index (χ4n) is 2.10. The summed E-state index contributed by atoms with van der Waals surface area (Å²) in [6.45, 7) is 7.77. The minimum absolute atomic E-state index is 0. The Kier molecular flexibility index (Phi) is 8.46. The van der Waals surface area contributed by atoms with E-state index in [1.807, 2.05) is 18.2 Å². The lowest BCUT2D eigenvalue weighted by molar-refractivity contribution is 0.301. The predicted octanol–water partition coefficient (Wildman–Crippen LogP) is 5.54. The van der Waals surface area contributed by atoms with Gasteiger partial charge < -0.3 is 10.1 Å². The quantitative estimate of drug-likeness (QED) is 0.705. The number of benzene rings is 2. The molecule has 4 heteroatoms. The van der Waals surface area contributed by atoms with Gasteiger partial charge in [0.05, 0.1) is 0 Å². The van der Waals surface area contributed by atoms with Crippen molar-refractivity contribution in [3.8, 4) is 5.75 Å². The molecule has 2 rings (SSSR count). The minimum atomic E-state index is 0. The van der Waals surface area contributed by atoms with E-state index in [4.69, 9.17) is 16.3 Å². The molecule has 2 nitrogen and oxygen atoms in total. The van der Waals surface area contributed by atoms with Gasteiger partial charge in [0.25, 0.3) is 0 Å². The van der Waals surface area contributed by atoms with E-state index in [1.54, 1.807) is 0 Å². The summed E-state index contributed by atoms with van der Waals surface area (Å²) >= 11 is 6.12. The summed E-state index contributed by atoms with van der Waals surface area (Å²) in [7, 11) is 0. The summed E-state index contributed by atoms with van der Waals surface area (Å²) < 4.78 is 5.99. The number of aryl methyl sites for hydroxylation is 1. The summed E-state index contributed by atoms with van der Waals surface area (Å²) in [5.41, 5.74) is 3.52. The van der Waals surface area contributed by atoms with Gasteiger partial charge in [-0.3, -0.25) is 0 Å². The molecule has 0 amide bonds. The topological polar surface area (TPSA) is 21.3 Å². The van der Waals surface area contributed by atoms with Gasteiger partial charge in [0, 0.05) is 23.2 Å². The van der Waals surface area contributed by atoms with Gasteiger partial charge in [0.2, 0.25) is 0 Å². The van der Waals surface area contributed by atoms with E-state index >= 15 is 0 Å². The van der Waals surface area contributed by atoms with E-state index in [0.717, 1.165) is 29.3 Å². The molecule has 1 atom stereocenters.